The molecule has 37 heavy (non-hydrogen) atoms. The van der Waals surface area contributed by atoms with Crippen LogP contribution in [0, 0.1) is 5.82 Å². The van der Waals surface area contributed by atoms with E-state index in [1.807, 2.05) is 19.1 Å². The molecule has 1 unspecified atom stereocenters. The molecule has 3 heterocycles. The number of aryl methyl sites for hydroxylation is 1. The Morgan fingerprint density at radius 3 is 2.73 bits per heavy atom. The monoisotopic (exact) mass is 529 g/mol. The number of pyridine rings is 1. The summed E-state index contributed by atoms with van der Waals surface area (Å²) in [6.07, 6.45) is 7.56. The lowest BCUT2D eigenvalue weighted by Crippen LogP contribution is -2.29. The fraction of sp³-hybridized carbons (Fsp3) is 0.231. The van der Waals surface area contributed by atoms with Crippen molar-refractivity contribution in [2.75, 3.05) is 17.7 Å². The highest BCUT2D eigenvalue weighted by molar-refractivity contribution is 7.90. The summed E-state index contributed by atoms with van der Waals surface area (Å²) in [6.45, 7) is 1.99. The number of hydrogen-bond donors (Lipinski definition) is 2. The van der Waals surface area contributed by atoms with Gasteiger partial charge in [0, 0.05) is 41.6 Å². The largest absolute Gasteiger partial charge is 0.375 e. The first-order valence-corrected chi connectivity index (χ1v) is 12.7. The molecule has 0 bridgehead atoms. The van der Waals surface area contributed by atoms with Crippen LogP contribution in [-0.4, -0.2) is 42.5 Å². The van der Waals surface area contributed by atoms with Crippen molar-refractivity contribution in [2.45, 2.75) is 26.8 Å². The molecule has 194 valence electrons. The molecule has 3 aromatic heterocycles. The van der Waals surface area contributed by atoms with Crippen LogP contribution in [0.15, 0.2) is 71.8 Å². The normalized spacial score (nSPS) is 13.4. The van der Waals surface area contributed by atoms with Crippen LogP contribution in [0.2, 0.25) is 0 Å². The van der Waals surface area contributed by atoms with Gasteiger partial charge in [-0.3, -0.25) is 8.99 Å². The minimum absolute atomic E-state index is 0.0958. The Kier molecular flexibility index (Phi) is 8.24. The number of aromatic amines is 1. The molecule has 0 saturated carbocycles. The number of alkyl halides is 1. The number of H-pyrrole nitrogens is 1. The average molecular weight is 530 g/mol. The van der Waals surface area contributed by atoms with Gasteiger partial charge in [-0.05, 0) is 55.3 Å². The number of nitrogens with zero attached hydrogens (tertiary/aromatic N) is 4. The van der Waals surface area contributed by atoms with Crippen molar-refractivity contribution < 1.29 is 22.5 Å². The number of hydrogen-bond acceptors (Lipinski definition) is 4. The van der Waals surface area contributed by atoms with Gasteiger partial charge >= 0.3 is 0 Å². The summed E-state index contributed by atoms with van der Waals surface area (Å²) in [7, 11) is -2.39. The molecule has 1 aromatic carbocycles. The Balaban J connectivity index is 1.83. The highest BCUT2D eigenvalue weighted by Crippen LogP contribution is 2.38. The fourth-order valence-electron chi connectivity index (χ4n) is 3.97. The topological polar surface area (TPSA) is 87.0 Å². The first-order chi connectivity index (χ1) is 17.9. The van der Waals surface area contributed by atoms with Crippen LogP contribution in [0.25, 0.3) is 33.4 Å². The van der Waals surface area contributed by atoms with Crippen molar-refractivity contribution in [3.8, 4) is 22.4 Å². The first-order valence-electron chi connectivity index (χ1n) is 11.6. The van der Waals surface area contributed by atoms with Gasteiger partial charge in [0.15, 0.2) is 16.8 Å². The second-order valence-electron chi connectivity index (χ2n) is 7.99. The average Bonchev–Trinajstić information content (AvgIpc) is 3.56. The van der Waals surface area contributed by atoms with Crippen LogP contribution >= 0.6 is 0 Å². The number of fused-ring (bicyclic) bond motifs is 1. The number of nitrogens with one attached hydrogen (secondary N) is 1. The molecule has 4 rings (SSSR count). The molecule has 4 aromatic rings. The maximum Gasteiger partial charge on any atom is 0.156 e. The van der Waals surface area contributed by atoms with Gasteiger partial charge in [0.25, 0.3) is 0 Å². The standard InChI is InChI=1S/C26H26F3N5O2S/c1-3-6-17(28)13-18(14-27)37(36)34(16-35)23-8-5-7-21(24(23)29)25-22(15-33(4-2)32-25)19-9-11-30-26-20(19)10-12-31-26/h5-13,15,35H,3-4,14,16H2,1-2H3,(H,30,31)/b17-6+,18-13+. The number of allylic oxidation sites excluding steroid dienone is 4. The third kappa shape index (κ3) is 5.23. The molecule has 2 N–H and O–H groups in total. The summed E-state index contributed by atoms with van der Waals surface area (Å²) in [5.41, 5.74) is 2.29. The molecule has 0 spiro atoms. The zero-order valence-corrected chi connectivity index (χ0v) is 21.1. The van der Waals surface area contributed by atoms with E-state index < -0.39 is 40.9 Å². The molecule has 7 nitrogen and oxygen atoms in total. The first kappa shape index (κ1) is 26.4. The van der Waals surface area contributed by atoms with E-state index in [1.165, 1.54) is 24.3 Å². The number of halogens is 3. The van der Waals surface area contributed by atoms with E-state index in [1.54, 1.807) is 30.2 Å². The van der Waals surface area contributed by atoms with Crippen molar-refractivity contribution >= 4 is 27.7 Å². The van der Waals surface area contributed by atoms with Crippen LogP contribution in [0.4, 0.5) is 18.9 Å². The van der Waals surface area contributed by atoms with E-state index in [-0.39, 0.29) is 11.3 Å². The molecule has 1 atom stereocenters. The molecule has 0 saturated heterocycles. The van der Waals surface area contributed by atoms with Gasteiger partial charge in [0.1, 0.15) is 30.6 Å². The van der Waals surface area contributed by atoms with E-state index >= 15 is 4.39 Å². The summed E-state index contributed by atoms with van der Waals surface area (Å²) in [4.78, 5) is 6.92. The maximum atomic E-state index is 16.0. The molecule has 0 aliphatic carbocycles. The number of benzene rings is 1. The molecule has 0 amide bonds. The molecule has 0 radical (unpaired) electrons. The lowest BCUT2D eigenvalue weighted by atomic mass is 9.99. The third-order valence-corrected chi connectivity index (χ3v) is 7.11. The molecular weight excluding hydrogens is 503 g/mol. The summed E-state index contributed by atoms with van der Waals surface area (Å²) < 4.78 is 59.2. The quantitative estimate of drug-likeness (QED) is 0.201. The van der Waals surface area contributed by atoms with Crippen molar-refractivity contribution in [2.24, 2.45) is 0 Å². The molecule has 11 heteroatoms. The SMILES string of the molecule is CC/C=C(F)\C=C(/CF)S(=O)N(CO)c1cccc(-c2nn(CC)cc2-c2ccnc3[nH]ccc23)c1F. The van der Waals surface area contributed by atoms with Gasteiger partial charge in [-0.15, -0.1) is 0 Å². The van der Waals surface area contributed by atoms with Gasteiger partial charge in [-0.25, -0.2) is 22.4 Å². The predicted molar refractivity (Wildman–Crippen MR) is 140 cm³/mol. The van der Waals surface area contributed by atoms with E-state index in [0.717, 1.165) is 21.3 Å². The van der Waals surface area contributed by atoms with Gasteiger partial charge in [-0.1, -0.05) is 13.0 Å². The maximum absolute atomic E-state index is 16.0. The lowest BCUT2D eigenvalue weighted by molar-refractivity contribution is 0.310. The van der Waals surface area contributed by atoms with E-state index in [0.29, 0.717) is 29.9 Å². The number of anilines is 1. The van der Waals surface area contributed by atoms with Crippen LogP contribution in [0.3, 0.4) is 0 Å². The van der Waals surface area contributed by atoms with Crippen LogP contribution in [0.1, 0.15) is 20.3 Å². The Hall–Kier alpha value is -3.70. The Labute approximate surface area is 214 Å². The number of aliphatic hydroxyl groups excluding tert-OH is 1. The third-order valence-electron chi connectivity index (χ3n) is 5.72. The second kappa shape index (κ2) is 11.6. The van der Waals surface area contributed by atoms with E-state index in [9.17, 15) is 18.1 Å². The van der Waals surface area contributed by atoms with Crippen LogP contribution in [-0.2, 0) is 17.5 Å². The molecule has 0 aliphatic rings. The smallest absolute Gasteiger partial charge is 0.156 e. The highest BCUT2D eigenvalue weighted by atomic mass is 32.2. The van der Waals surface area contributed by atoms with Crippen molar-refractivity contribution in [1.29, 1.82) is 0 Å². The summed E-state index contributed by atoms with van der Waals surface area (Å²) in [6, 6.07) is 8.04. The van der Waals surface area contributed by atoms with Gasteiger partial charge in [-0.2, -0.15) is 5.10 Å². The summed E-state index contributed by atoms with van der Waals surface area (Å²) in [5, 5.41) is 15.4. The highest BCUT2D eigenvalue weighted by Gasteiger charge is 2.25. The Bertz CT molecular complexity index is 1490. The minimum atomic E-state index is -2.39. The summed E-state index contributed by atoms with van der Waals surface area (Å²) in [5.74, 6) is -1.58. The van der Waals surface area contributed by atoms with Gasteiger partial charge in [0.2, 0.25) is 0 Å². The second-order valence-corrected chi connectivity index (χ2v) is 9.46. The predicted octanol–water partition coefficient (Wildman–Crippen LogP) is 5.79. The zero-order valence-electron chi connectivity index (χ0n) is 20.3. The molecular formula is C26H26F3N5O2S. The van der Waals surface area contributed by atoms with Crippen molar-refractivity contribution in [3.05, 3.63) is 77.6 Å². The van der Waals surface area contributed by atoms with Gasteiger partial charge in [0.05, 0.1) is 10.6 Å². The Morgan fingerprint density at radius 2 is 2.03 bits per heavy atom. The van der Waals surface area contributed by atoms with Crippen molar-refractivity contribution in [1.82, 2.24) is 19.7 Å². The zero-order chi connectivity index (χ0) is 26.5. The van der Waals surface area contributed by atoms with E-state index in [2.05, 4.69) is 15.1 Å². The number of aromatic nitrogens is 4. The minimum Gasteiger partial charge on any atom is -0.375 e. The lowest BCUT2D eigenvalue weighted by Gasteiger charge is -2.22. The number of rotatable bonds is 10. The Morgan fingerprint density at radius 1 is 1.22 bits per heavy atom. The van der Waals surface area contributed by atoms with Crippen molar-refractivity contribution in [3.63, 3.8) is 0 Å². The van der Waals surface area contributed by atoms with Crippen LogP contribution in [0.5, 0.6) is 0 Å². The van der Waals surface area contributed by atoms with Gasteiger partial charge < -0.3 is 10.1 Å². The number of aliphatic hydroxyl groups is 1. The summed E-state index contributed by atoms with van der Waals surface area (Å²) >= 11 is 0. The molecule has 0 fully saturated rings. The van der Waals surface area contributed by atoms with E-state index in [4.69, 9.17) is 0 Å². The van der Waals surface area contributed by atoms with Crippen LogP contribution < -0.4 is 4.31 Å². The molecule has 0 aliphatic heterocycles. The fourth-order valence-corrected chi connectivity index (χ4v) is 4.99.